The second-order valence-corrected chi connectivity index (χ2v) is 7.85. The molecule has 3 heterocycles. The van der Waals surface area contributed by atoms with Gasteiger partial charge in [-0.15, -0.1) is 0 Å². The van der Waals surface area contributed by atoms with Crippen LogP contribution in [0.15, 0.2) is 73.1 Å². The predicted octanol–water partition coefficient (Wildman–Crippen LogP) is 4.71. The summed E-state index contributed by atoms with van der Waals surface area (Å²) in [6.07, 6.45) is 7.23. The number of aromatic nitrogens is 3. The fourth-order valence-corrected chi connectivity index (χ4v) is 4.02. The Kier molecular flexibility index (Phi) is 5.37. The molecule has 5 rings (SSSR count). The average molecular weight is 411 g/mol. The molecule has 3 N–H and O–H groups in total. The van der Waals surface area contributed by atoms with Gasteiger partial charge in [-0.25, -0.2) is 4.98 Å². The van der Waals surface area contributed by atoms with E-state index < -0.39 is 0 Å². The Labute approximate surface area is 182 Å². The third-order valence-corrected chi connectivity index (χ3v) is 5.64. The maximum absolute atomic E-state index is 4.72. The van der Waals surface area contributed by atoms with Gasteiger partial charge in [-0.3, -0.25) is 0 Å². The van der Waals surface area contributed by atoms with Crippen molar-refractivity contribution in [3.05, 3.63) is 84.2 Å². The van der Waals surface area contributed by atoms with E-state index in [1.165, 1.54) is 22.1 Å². The first kappa shape index (κ1) is 19.3. The highest BCUT2D eigenvalue weighted by atomic mass is 15.2. The van der Waals surface area contributed by atoms with Gasteiger partial charge >= 0.3 is 0 Å². The molecule has 6 nitrogen and oxygen atoms in total. The van der Waals surface area contributed by atoms with E-state index in [2.05, 4.69) is 80.2 Å². The maximum atomic E-state index is 4.72. The van der Waals surface area contributed by atoms with Gasteiger partial charge in [0.25, 0.3) is 0 Å². The summed E-state index contributed by atoms with van der Waals surface area (Å²) in [7, 11) is 2.05. The van der Waals surface area contributed by atoms with E-state index in [-0.39, 0.29) is 0 Å². The normalized spacial score (nSPS) is 13.8. The minimum atomic E-state index is 0.593. The molecule has 0 unspecified atom stereocenters. The summed E-state index contributed by atoms with van der Waals surface area (Å²) in [6.45, 7) is 2.74. The van der Waals surface area contributed by atoms with Crippen LogP contribution in [0.25, 0.3) is 16.5 Å². The highest BCUT2D eigenvalue weighted by Crippen LogP contribution is 2.30. The molecule has 1 aliphatic heterocycles. The van der Waals surface area contributed by atoms with E-state index in [1.807, 2.05) is 19.2 Å². The Morgan fingerprint density at radius 1 is 1.10 bits per heavy atom. The first-order chi connectivity index (χ1) is 15.3. The second-order valence-electron chi connectivity index (χ2n) is 7.85. The molecule has 0 fully saturated rings. The first-order valence-electron chi connectivity index (χ1n) is 10.6. The summed E-state index contributed by atoms with van der Waals surface area (Å²) in [5.74, 6) is 1.47. The van der Waals surface area contributed by atoms with E-state index in [9.17, 15) is 0 Å². The van der Waals surface area contributed by atoms with Gasteiger partial charge in [-0.2, -0.15) is 4.98 Å². The molecule has 0 saturated carbocycles. The molecule has 0 bridgehead atoms. The van der Waals surface area contributed by atoms with E-state index in [1.54, 1.807) is 6.20 Å². The van der Waals surface area contributed by atoms with Gasteiger partial charge in [0.2, 0.25) is 5.95 Å². The fourth-order valence-electron chi connectivity index (χ4n) is 4.02. The fraction of sp³-hybridized carbons (Fsp3) is 0.200. The van der Waals surface area contributed by atoms with Gasteiger partial charge in [0.05, 0.1) is 0 Å². The number of rotatable bonds is 6. The van der Waals surface area contributed by atoms with Crippen LogP contribution < -0.4 is 15.5 Å². The van der Waals surface area contributed by atoms with Gasteiger partial charge in [-0.05, 0) is 48.4 Å². The summed E-state index contributed by atoms with van der Waals surface area (Å²) in [4.78, 5) is 14.7. The highest BCUT2D eigenvalue weighted by molar-refractivity contribution is 5.95. The number of fused-ring (bicyclic) bond motifs is 1. The number of hydrogen-bond acceptors (Lipinski definition) is 5. The Hall–Kier alpha value is -3.64. The van der Waals surface area contributed by atoms with Crippen molar-refractivity contribution in [2.24, 2.45) is 0 Å². The zero-order chi connectivity index (χ0) is 21.0. The predicted molar refractivity (Wildman–Crippen MR) is 128 cm³/mol. The topological polar surface area (TPSA) is 68.9 Å². The van der Waals surface area contributed by atoms with Gasteiger partial charge in [0.1, 0.15) is 5.82 Å². The second kappa shape index (κ2) is 8.62. The lowest BCUT2D eigenvalue weighted by molar-refractivity contribution is 0.739. The molecule has 0 amide bonds. The SMILES string of the molecule is CN(Cc1ccccc1)c1ccnc(Nc2ccc3[nH]cc(C4=CCNCC4)c3c2)n1. The Balaban J connectivity index is 1.37. The van der Waals surface area contributed by atoms with Crippen molar-refractivity contribution in [1.29, 1.82) is 0 Å². The minimum absolute atomic E-state index is 0.593. The molecular weight excluding hydrogens is 384 g/mol. The van der Waals surface area contributed by atoms with Gasteiger partial charge in [0, 0.05) is 54.7 Å². The molecule has 0 radical (unpaired) electrons. The van der Waals surface area contributed by atoms with E-state index in [0.29, 0.717) is 5.95 Å². The summed E-state index contributed by atoms with van der Waals surface area (Å²) in [5, 5.41) is 7.98. The van der Waals surface area contributed by atoms with Gasteiger partial charge < -0.3 is 20.5 Å². The number of nitrogens with one attached hydrogen (secondary N) is 3. The van der Waals surface area contributed by atoms with E-state index >= 15 is 0 Å². The zero-order valence-corrected chi connectivity index (χ0v) is 17.6. The molecular formula is C25H26N6. The molecule has 1 aliphatic rings. The first-order valence-corrected chi connectivity index (χ1v) is 10.6. The van der Waals surface area contributed by atoms with Crippen molar-refractivity contribution < 1.29 is 0 Å². The van der Waals surface area contributed by atoms with Crippen LogP contribution in [0.2, 0.25) is 0 Å². The van der Waals surface area contributed by atoms with Crippen LogP contribution >= 0.6 is 0 Å². The Bertz CT molecular complexity index is 1210. The molecule has 156 valence electrons. The summed E-state index contributed by atoms with van der Waals surface area (Å²) < 4.78 is 0. The molecule has 0 atom stereocenters. The van der Waals surface area contributed by atoms with Crippen molar-refractivity contribution in [3.63, 3.8) is 0 Å². The van der Waals surface area contributed by atoms with Gasteiger partial charge in [0.15, 0.2) is 0 Å². The third-order valence-electron chi connectivity index (χ3n) is 5.64. The van der Waals surface area contributed by atoms with Crippen molar-refractivity contribution in [2.45, 2.75) is 13.0 Å². The van der Waals surface area contributed by atoms with Crippen molar-refractivity contribution in [1.82, 2.24) is 20.3 Å². The largest absolute Gasteiger partial charge is 0.361 e. The standard InChI is InChI=1S/C25H26N6/c1-31(17-18-5-3-2-4-6-18)24-11-14-27-25(30-24)29-20-7-8-23-21(15-20)22(16-28-23)19-9-12-26-13-10-19/h2-9,11,14-16,26,28H,10,12-13,17H2,1H3,(H,27,29,30). The number of anilines is 3. The molecule has 31 heavy (non-hydrogen) atoms. The van der Waals surface area contributed by atoms with Crippen LogP contribution in [0.1, 0.15) is 17.5 Å². The minimum Gasteiger partial charge on any atom is -0.361 e. The average Bonchev–Trinajstić information content (AvgIpc) is 3.24. The maximum Gasteiger partial charge on any atom is 0.229 e. The lowest BCUT2D eigenvalue weighted by atomic mass is 9.99. The number of H-pyrrole nitrogens is 1. The molecule has 2 aromatic heterocycles. The van der Waals surface area contributed by atoms with Crippen molar-refractivity contribution in [2.75, 3.05) is 30.4 Å². The van der Waals surface area contributed by atoms with Crippen LogP contribution in [-0.2, 0) is 6.54 Å². The van der Waals surface area contributed by atoms with Crippen LogP contribution in [0.5, 0.6) is 0 Å². The molecule has 0 saturated heterocycles. The zero-order valence-electron chi connectivity index (χ0n) is 17.6. The van der Waals surface area contributed by atoms with E-state index in [0.717, 1.165) is 43.1 Å². The Morgan fingerprint density at radius 3 is 2.84 bits per heavy atom. The quantitative estimate of drug-likeness (QED) is 0.429. The van der Waals surface area contributed by atoms with Crippen molar-refractivity contribution in [3.8, 4) is 0 Å². The smallest absolute Gasteiger partial charge is 0.229 e. The van der Waals surface area contributed by atoms with Crippen molar-refractivity contribution >= 4 is 33.9 Å². The van der Waals surface area contributed by atoms with Crippen LogP contribution in [0, 0.1) is 0 Å². The highest BCUT2D eigenvalue weighted by Gasteiger charge is 2.12. The summed E-state index contributed by atoms with van der Waals surface area (Å²) in [5.41, 5.74) is 6.03. The van der Waals surface area contributed by atoms with Crippen LogP contribution in [0.3, 0.4) is 0 Å². The monoisotopic (exact) mass is 410 g/mol. The summed E-state index contributed by atoms with van der Waals surface area (Å²) in [6, 6.07) is 18.7. The molecule has 0 spiro atoms. The van der Waals surface area contributed by atoms with Gasteiger partial charge in [-0.1, -0.05) is 36.4 Å². The summed E-state index contributed by atoms with van der Waals surface area (Å²) >= 11 is 0. The van der Waals surface area contributed by atoms with E-state index in [4.69, 9.17) is 4.98 Å². The van der Waals surface area contributed by atoms with Crippen LogP contribution in [-0.4, -0.2) is 35.1 Å². The molecule has 4 aromatic rings. The lowest BCUT2D eigenvalue weighted by Gasteiger charge is -2.18. The lowest BCUT2D eigenvalue weighted by Crippen LogP contribution is -2.19. The Morgan fingerprint density at radius 2 is 2.00 bits per heavy atom. The molecule has 0 aliphatic carbocycles. The number of benzene rings is 2. The number of hydrogen-bond donors (Lipinski definition) is 3. The number of nitrogens with zero attached hydrogens (tertiary/aromatic N) is 3. The number of aromatic amines is 1. The van der Waals surface area contributed by atoms with Crippen LogP contribution in [0.4, 0.5) is 17.5 Å². The molecule has 2 aromatic carbocycles. The molecule has 6 heteroatoms. The third kappa shape index (κ3) is 4.29.